The Morgan fingerprint density at radius 1 is 1.25 bits per heavy atom. The number of aliphatic hydroxyl groups is 1. The van der Waals surface area contributed by atoms with Gasteiger partial charge in [-0.3, -0.25) is 0 Å². The average Bonchev–Trinajstić information content (AvgIpc) is 2.32. The van der Waals surface area contributed by atoms with Gasteiger partial charge in [-0.15, -0.1) is 0 Å². The summed E-state index contributed by atoms with van der Waals surface area (Å²) in [5.74, 6) is 0. The SMILES string of the molecule is CC1(C)[C@H](O)[C@@]2(Br)CC[C@@]1(C)C2. The predicted molar refractivity (Wildman–Crippen MR) is 53.4 cm³/mol. The maximum absolute atomic E-state index is 10.1. The van der Waals surface area contributed by atoms with Crippen LogP contribution in [0.2, 0.25) is 0 Å². The smallest absolute Gasteiger partial charge is 0.0749 e. The molecule has 12 heavy (non-hydrogen) atoms. The van der Waals surface area contributed by atoms with Crippen molar-refractivity contribution in [1.82, 2.24) is 0 Å². The Balaban J connectivity index is 2.44. The minimum Gasteiger partial charge on any atom is -0.391 e. The molecule has 2 heteroatoms. The normalized spacial score (nSPS) is 56.2. The van der Waals surface area contributed by atoms with Crippen LogP contribution < -0.4 is 0 Å². The zero-order valence-corrected chi connectivity index (χ0v) is 9.61. The molecule has 70 valence electrons. The summed E-state index contributed by atoms with van der Waals surface area (Å²) in [5, 5.41) is 10.1. The van der Waals surface area contributed by atoms with Crippen LogP contribution in [0.3, 0.4) is 0 Å². The molecule has 0 heterocycles. The summed E-state index contributed by atoms with van der Waals surface area (Å²) >= 11 is 3.71. The highest BCUT2D eigenvalue weighted by Crippen LogP contribution is 2.68. The lowest BCUT2D eigenvalue weighted by molar-refractivity contribution is -0.0218. The van der Waals surface area contributed by atoms with Crippen LogP contribution in [-0.2, 0) is 0 Å². The Bertz CT molecular complexity index is 223. The Morgan fingerprint density at radius 3 is 2.08 bits per heavy atom. The molecule has 2 fully saturated rings. The Labute approximate surface area is 82.7 Å². The Kier molecular flexibility index (Phi) is 1.57. The van der Waals surface area contributed by atoms with Crippen molar-refractivity contribution in [3.8, 4) is 0 Å². The van der Waals surface area contributed by atoms with Crippen LogP contribution in [0.4, 0.5) is 0 Å². The summed E-state index contributed by atoms with van der Waals surface area (Å²) in [7, 11) is 0. The summed E-state index contributed by atoms with van der Waals surface area (Å²) < 4.78 is 0.0330. The second kappa shape index (κ2) is 2.09. The number of fused-ring (bicyclic) bond motifs is 2. The van der Waals surface area contributed by atoms with Gasteiger partial charge in [0, 0.05) is 0 Å². The molecule has 1 N–H and O–H groups in total. The third kappa shape index (κ3) is 0.784. The molecule has 2 bridgehead atoms. The van der Waals surface area contributed by atoms with E-state index in [0.29, 0.717) is 5.41 Å². The predicted octanol–water partition coefficient (Wildman–Crippen LogP) is 2.71. The molecule has 0 aromatic carbocycles. The number of aliphatic hydroxyl groups excluding tert-OH is 1. The van der Waals surface area contributed by atoms with E-state index in [-0.39, 0.29) is 15.8 Å². The molecular weight excluding hydrogens is 216 g/mol. The Hall–Kier alpha value is 0.440. The van der Waals surface area contributed by atoms with Crippen molar-refractivity contribution in [2.75, 3.05) is 0 Å². The highest BCUT2D eigenvalue weighted by molar-refractivity contribution is 9.10. The lowest BCUT2D eigenvalue weighted by Gasteiger charge is -2.43. The molecule has 0 amide bonds. The van der Waals surface area contributed by atoms with Gasteiger partial charge in [0.05, 0.1) is 10.4 Å². The first-order valence-corrected chi connectivity index (χ1v) is 5.48. The van der Waals surface area contributed by atoms with Crippen molar-refractivity contribution < 1.29 is 5.11 Å². The molecule has 2 saturated carbocycles. The monoisotopic (exact) mass is 232 g/mol. The molecule has 0 aromatic rings. The number of hydrogen-bond acceptors (Lipinski definition) is 1. The van der Waals surface area contributed by atoms with E-state index < -0.39 is 0 Å². The third-order valence-corrected chi connectivity index (χ3v) is 5.62. The molecule has 1 nitrogen and oxygen atoms in total. The number of halogens is 1. The molecule has 0 aromatic heterocycles. The molecule has 3 atom stereocenters. The van der Waals surface area contributed by atoms with Gasteiger partial charge in [-0.25, -0.2) is 0 Å². The first kappa shape index (κ1) is 9.01. The minimum atomic E-state index is -0.177. The van der Waals surface area contributed by atoms with E-state index in [2.05, 4.69) is 36.7 Å². The molecule has 0 unspecified atom stereocenters. The van der Waals surface area contributed by atoms with Crippen LogP contribution in [0.1, 0.15) is 40.0 Å². The lowest BCUT2D eigenvalue weighted by Crippen LogP contribution is -2.45. The van der Waals surface area contributed by atoms with Gasteiger partial charge in [-0.2, -0.15) is 0 Å². The number of alkyl halides is 1. The van der Waals surface area contributed by atoms with Gasteiger partial charge in [0.25, 0.3) is 0 Å². The maximum atomic E-state index is 10.1. The van der Waals surface area contributed by atoms with E-state index in [0.717, 1.165) is 12.8 Å². The summed E-state index contributed by atoms with van der Waals surface area (Å²) in [4.78, 5) is 0. The summed E-state index contributed by atoms with van der Waals surface area (Å²) in [5.41, 5.74) is 0.421. The van der Waals surface area contributed by atoms with Crippen LogP contribution in [0.15, 0.2) is 0 Å². The van der Waals surface area contributed by atoms with E-state index in [1.807, 2.05) is 0 Å². The summed E-state index contributed by atoms with van der Waals surface area (Å²) in [6.45, 7) is 6.70. The quantitative estimate of drug-likeness (QED) is 0.638. The molecular formula is C10H17BrO. The zero-order chi connectivity index (χ0) is 9.20. The fraction of sp³-hybridized carbons (Fsp3) is 1.00. The summed E-state index contributed by atoms with van der Waals surface area (Å²) in [6.07, 6.45) is 3.34. The highest BCUT2D eigenvalue weighted by Gasteiger charge is 2.66. The average molecular weight is 233 g/mol. The molecule has 0 spiro atoms. The van der Waals surface area contributed by atoms with Gasteiger partial charge in [-0.05, 0) is 30.1 Å². The van der Waals surface area contributed by atoms with E-state index in [1.54, 1.807) is 0 Å². The molecule has 2 rings (SSSR count). The van der Waals surface area contributed by atoms with E-state index in [1.165, 1.54) is 6.42 Å². The molecule has 0 radical (unpaired) electrons. The minimum absolute atomic E-state index is 0.0330. The molecule has 0 saturated heterocycles. The topological polar surface area (TPSA) is 20.2 Å². The standard InChI is InChI=1S/C10H17BrO/c1-8(2)7(12)10(11)5-4-9(8,3)6-10/h7,12H,4-6H2,1-3H3/t7-,9-,10+/m0/s1. The summed E-state index contributed by atoms with van der Waals surface area (Å²) in [6, 6.07) is 0. The van der Waals surface area contributed by atoms with Crippen molar-refractivity contribution in [2.24, 2.45) is 10.8 Å². The van der Waals surface area contributed by atoms with Crippen LogP contribution in [0, 0.1) is 10.8 Å². The van der Waals surface area contributed by atoms with Crippen LogP contribution in [0.25, 0.3) is 0 Å². The van der Waals surface area contributed by atoms with Gasteiger partial charge >= 0.3 is 0 Å². The van der Waals surface area contributed by atoms with Gasteiger partial charge < -0.3 is 5.11 Å². The van der Waals surface area contributed by atoms with Crippen LogP contribution >= 0.6 is 15.9 Å². The first-order valence-electron chi connectivity index (χ1n) is 4.69. The lowest BCUT2D eigenvalue weighted by atomic mass is 9.65. The van der Waals surface area contributed by atoms with Gasteiger partial charge in [0.2, 0.25) is 0 Å². The highest BCUT2D eigenvalue weighted by atomic mass is 79.9. The maximum Gasteiger partial charge on any atom is 0.0749 e. The van der Waals surface area contributed by atoms with E-state index in [4.69, 9.17) is 0 Å². The van der Waals surface area contributed by atoms with Gasteiger partial charge in [0.15, 0.2) is 0 Å². The second-order valence-corrected chi connectivity index (χ2v) is 6.98. The van der Waals surface area contributed by atoms with Crippen LogP contribution in [0.5, 0.6) is 0 Å². The fourth-order valence-corrected chi connectivity index (χ4v) is 4.46. The van der Waals surface area contributed by atoms with Crippen molar-refractivity contribution in [3.63, 3.8) is 0 Å². The third-order valence-electron chi connectivity index (χ3n) is 4.51. The molecule has 0 aliphatic heterocycles. The number of rotatable bonds is 0. The van der Waals surface area contributed by atoms with Gasteiger partial charge in [0.1, 0.15) is 0 Å². The van der Waals surface area contributed by atoms with Gasteiger partial charge in [-0.1, -0.05) is 36.7 Å². The largest absolute Gasteiger partial charge is 0.391 e. The molecule has 2 aliphatic carbocycles. The van der Waals surface area contributed by atoms with Crippen molar-refractivity contribution in [3.05, 3.63) is 0 Å². The Morgan fingerprint density at radius 2 is 1.83 bits per heavy atom. The molecule has 2 aliphatic rings. The number of hydrogen-bond donors (Lipinski definition) is 1. The van der Waals surface area contributed by atoms with E-state index in [9.17, 15) is 5.11 Å². The van der Waals surface area contributed by atoms with Crippen LogP contribution in [-0.4, -0.2) is 15.5 Å². The van der Waals surface area contributed by atoms with Crippen molar-refractivity contribution in [1.29, 1.82) is 0 Å². The van der Waals surface area contributed by atoms with Crippen molar-refractivity contribution >= 4 is 15.9 Å². The van der Waals surface area contributed by atoms with Crippen molar-refractivity contribution in [2.45, 2.75) is 50.5 Å². The zero-order valence-electron chi connectivity index (χ0n) is 8.02. The second-order valence-electron chi connectivity index (χ2n) is 5.40. The fourth-order valence-electron chi connectivity index (χ4n) is 3.07. The first-order chi connectivity index (χ1) is 5.32. The van der Waals surface area contributed by atoms with E-state index >= 15 is 0 Å².